The van der Waals surface area contributed by atoms with Crippen LogP contribution in [-0.2, 0) is 21.4 Å². The van der Waals surface area contributed by atoms with Crippen LogP contribution in [0.1, 0.15) is 37.0 Å². The van der Waals surface area contributed by atoms with E-state index in [-0.39, 0.29) is 17.3 Å². The van der Waals surface area contributed by atoms with Gasteiger partial charge >= 0.3 is 0 Å². The van der Waals surface area contributed by atoms with E-state index in [1.807, 2.05) is 0 Å². The van der Waals surface area contributed by atoms with E-state index in [0.29, 0.717) is 47.4 Å². The lowest BCUT2D eigenvalue weighted by molar-refractivity contribution is -0.114. The van der Waals surface area contributed by atoms with Crippen LogP contribution in [0.3, 0.4) is 0 Å². The highest BCUT2D eigenvalue weighted by Crippen LogP contribution is 2.27. The van der Waals surface area contributed by atoms with Gasteiger partial charge in [-0.3, -0.25) is 9.48 Å². The number of carbonyl (C=O) groups excluding carboxylic acids is 1. The number of benzene rings is 1. The third-order valence-electron chi connectivity index (χ3n) is 5.19. The number of aromatic nitrogens is 4. The van der Waals surface area contributed by atoms with Gasteiger partial charge in [-0.05, 0) is 51.0 Å². The molecule has 4 rings (SSSR count). The van der Waals surface area contributed by atoms with Gasteiger partial charge < -0.3 is 9.84 Å². The fourth-order valence-electron chi connectivity index (χ4n) is 3.73. The Hall–Kier alpha value is -3.05. The maximum Gasteiger partial charge on any atom is 0.257 e. The van der Waals surface area contributed by atoms with Gasteiger partial charge in [0.05, 0.1) is 11.4 Å². The monoisotopic (exact) mass is 444 g/mol. The van der Waals surface area contributed by atoms with E-state index in [1.54, 1.807) is 42.8 Å². The average Bonchev–Trinajstić information content (AvgIpc) is 3.44. The maximum absolute atomic E-state index is 13.0. The van der Waals surface area contributed by atoms with Crippen LogP contribution in [0.15, 0.2) is 33.7 Å². The molecule has 2 aromatic heterocycles. The smallest absolute Gasteiger partial charge is 0.257 e. The van der Waals surface area contributed by atoms with Crippen molar-refractivity contribution in [3.8, 4) is 11.5 Å². The van der Waals surface area contributed by atoms with Crippen LogP contribution < -0.4 is 5.32 Å². The van der Waals surface area contributed by atoms with Gasteiger partial charge in [0.1, 0.15) is 11.4 Å². The largest absolute Gasteiger partial charge is 0.334 e. The van der Waals surface area contributed by atoms with E-state index >= 15 is 0 Å². The van der Waals surface area contributed by atoms with Crippen molar-refractivity contribution >= 4 is 21.6 Å². The molecule has 10 nitrogen and oxygen atoms in total. The predicted octanol–water partition coefficient (Wildman–Crippen LogP) is 2.34. The molecule has 1 saturated heterocycles. The van der Waals surface area contributed by atoms with Gasteiger partial charge in [0.2, 0.25) is 15.9 Å². The highest BCUT2D eigenvalue weighted by Gasteiger charge is 2.32. The Morgan fingerprint density at radius 2 is 1.84 bits per heavy atom. The molecule has 0 radical (unpaired) electrons. The van der Waals surface area contributed by atoms with Crippen molar-refractivity contribution in [1.82, 2.24) is 24.2 Å². The molecule has 0 bridgehead atoms. The molecule has 164 valence electrons. The summed E-state index contributed by atoms with van der Waals surface area (Å²) in [4.78, 5) is 15.8. The normalized spacial score (nSPS) is 14.8. The Morgan fingerprint density at radius 3 is 2.48 bits per heavy atom. The van der Waals surface area contributed by atoms with Gasteiger partial charge in [-0.25, -0.2) is 8.42 Å². The van der Waals surface area contributed by atoms with Crippen LogP contribution in [0.2, 0.25) is 0 Å². The lowest BCUT2D eigenvalue weighted by Crippen LogP contribution is -2.28. The lowest BCUT2D eigenvalue weighted by Gasteiger charge is -2.15. The third-order valence-corrected chi connectivity index (χ3v) is 7.34. The van der Waals surface area contributed by atoms with Crippen LogP contribution in [0, 0.1) is 13.8 Å². The van der Waals surface area contributed by atoms with Crippen LogP contribution in [0.4, 0.5) is 5.69 Å². The lowest BCUT2D eigenvalue weighted by atomic mass is 10.2. The summed E-state index contributed by atoms with van der Waals surface area (Å²) in [6.45, 7) is 6.16. The number of amides is 1. The molecular formula is C20H24N6O4S. The molecule has 1 aliphatic rings. The zero-order valence-electron chi connectivity index (χ0n) is 17.6. The second kappa shape index (κ2) is 8.23. The summed E-state index contributed by atoms with van der Waals surface area (Å²) >= 11 is 0. The minimum atomic E-state index is -3.57. The summed E-state index contributed by atoms with van der Waals surface area (Å²) in [5.74, 6) is 0.566. The first kappa shape index (κ1) is 21.2. The molecule has 31 heavy (non-hydrogen) atoms. The number of anilines is 1. The second-order valence-electron chi connectivity index (χ2n) is 7.54. The summed E-state index contributed by atoms with van der Waals surface area (Å²) in [5, 5.41) is 11.1. The Labute approximate surface area is 180 Å². The average molecular weight is 445 g/mol. The van der Waals surface area contributed by atoms with Crippen molar-refractivity contribution in [3.63, 3.8) is 0 Å². The van der Waals surface area contributed by atoms with Crippen LogP contribution >= 0.6 is 0 Å². The van der Waals surface area contributed by atoms with Gasteiger partial charge in [-0.2, -0.15) is 14.4 Å². The van der Waals surface area contributed by atoms with Crippen molar-refractivity contribution in [1.29, 1.82) is 0 Å². The standard InChI is InChI=1S/C20H24N6O4S/c1-13-19(31(28,29)25-10-4-5-11-25)14(2)26(23-13)12-18-22-20(30-24-18)16-6-8-17(9-7-16)21-15(3)27/h6-9H,4-5,10-12H2,1-3H3,(H,21,27). The zero-order chi connectivity index (χ0) is 22.2. The van der Waals surface area contributed by atoms with Crippen molar-refractivity contribution in [2.45, 2.75) is 45.1 Å². The first-order valence-electron chi connectivity index (χ1n) is 10.0. The molecule has 11 heteroatoms. The van der Waals surface area contributed by atoms with Gasteiger partial charge in [0, 0.05) is 31.3 Å². The molecular weight excluding hydrogens is 420 g/mol. The summed E-state index contributed by atoms with van der Waals surface area (Å²) in [5.41, 5.74) is 2.39. The number of nitrogens with one attached hydrogen (secondary N) is 1. The number of nitrogens with zero attached hydrogens (tertiary/aromatic N) is 5. The first-order valence-corrected chi connectivity index (χ1v) is 11.4. The minimum Gasteiger partial charge on any atom is -0.334 e. The van der Waals surface area contributed by atoms with Gasteiger partial charge in [-0.1, -0.05) is 5.16 Å². The van der Waals surface area contributed by atoms with Crippen molar-refractivity contribution in [2.75, 3.05) is 18.4 Å². The first-order chi connectivity index (χ1) is 14.8. The number of aryl methyl sites for hydroxylation is 1. The maximum atomic E-state index is 13.0. The molecule has 0 saturated carbocycles. The summed E-state index contributed by atoms with van der Waals surface area (Å²) in [6.07, 6.45) is 1.76. The number of rotatable bonds is 6. The van der Waals surface area contributed by atoms with E-state index in [2.05, 4.69) is 20.6 Å². The van der Waals surface area contributed by atoms with Crippen molar-refractivity contribution in [2.24, 2.45) is 0 Å². The van der Waals surface area contributed by atoms with Crippen molar-refractivity contribution < 1.29 is 17.7 Å². The van der Waals surface area contributed by atoms with E-state index in [9.17, 15) is 13.2 Å². The van der Waals surface area contributed by atoms with E-state index in [1.165, 1.54) is 11.2 Å². The molecule has 0 spiro atoms. The van der Waals surface area contributed by atoms with Gasteiger partial charge in [-0.15, -0.1) is 0 Å². The number of hydrogen-bond acceptors (Lipinski definition) is 7. The number of hydrogen-bond donors (Lipinski definition) is 1. The molecule has 0 unspecified atom stereocenters. The number of sulfonamides is 1. The SMILES string of the molecule is CC(=O)Nc1ccc(-c2nc(Cn3nc(C)c(S(=O)(=O)N4CCCC4)c3C)no2)cc1. The second-order valence-corrected chi connectivity index (χ2v) is 9.42. The quantitative estimate of drug-likeness (QED) is 0.619. The van der Waals surface area contributed by atoms with Gasteiger partial charge in [0.25, 0.3) is 5.89 Å². The number of carbonyl (C=O) groups is 1. The van der Waals surface area contributed by atoms with Gasteiger partial charge in [0.15, 0.2) is 5.82 Å². The molecule has 0 aliphatic carbocycles. The summed E-state index contributed by atoms with van der Waals surface area (Å²) < 4.78 is 34.5. The highest BCUT2D eigenvalue weighted by atomic mass is 32.2. The molecule has 1 aromatic carbocycles. The van der Waals surface area contributed by atoms with Crippen molar-refractivity contribution in [3.05, 3.63) is 41.5 Å². The van der Waals surface area contributed by atoms with E-state index in [4.69, 9.17) is 4.52 Å². The predicted molar refractivity (Wildman–Crippen MR) is 113 cm³/mol. The Balaban J connectivity index is 1.55. The van der Waals surface area contributed by atoms with E-state index in [0.717, 1.165) is 12.8 Å². The summed E-state index contributed by atoms with van der Waals surface area (Å²) in [7, 11) is -3.57. The molecule has 1 aliphatic heterocycles. The topological polar surface area (TPSA) is 123 Å². The van der Waals surface area contributed by atoms with Crippen LogP contribution in [0.5, 0.6) is 0 Å². The highest BCUT2D eigenvalue weighted by molar-refractivity contribution is 7.89. The Bertz CT molecular complexity index is 1210. The fourth-order valence-corrected chi connectivity index (χ4v) is 5.62. The zero-order valence-corrected chi connectivity index (χ0v) is 18.4. The molecule has 0 atom stereocenters. The van der Waals surface area contributed by atoms with Crippen LogP contribution in [0.25, 0.3) is 11.5 Å². The summed E-state index contributed by atoms with van der Waals surface area (Å²) in [6, 6.07) is 7.04. The van der Waals surface area contributed by atoms with E-state index < -0.39 is 10.0 Å². The molecule has 3 aromatic rings. The molecule has 1 amide bonds. The Kier molecular flexibility index (Phi) is 5.63. The van der Waals surface area contributed by atoms with Crippen LogP contribution in [-0.4, -0.2) is 51.6 Å². The fraction of sp³-hybridized carbons (Fsp3) is 0.400. The third kappa shape index (κ3) is 4.23. The molecule has 1 N–H and O–H groups in total. The molecule has 3 heterocycles. The Morgan fingerprint density at radius 1 is 1.16 bits per heavy atom. The minimum absolute atomic E-state index is 0.149. The molecule has 1 fully saturated rings.